The Morgan fingerprint density at radius 2 is 1.78 bits per heavy atom. The molecule has 1 aliphatic heterocycles. The predicted octanol–water partition coefficient (Wildman–Crippen LogP) is 2.37. The van der Waals surface area contributed by atoms with Crippen LogP contribution in [0.25, 0.3) is 0 Å². The van der Waals surface area contributed by atoms with E-state index >= 15 is 0 Å². The van der Waals surface area contributed by atoms with Gasteiger partial charge in [0.05, 0.1) is 5.41 Å². The van der Waals surface area contributed by atoms with Gasteiger partial charge in [-0.15, -0.1) is 0 Å². The van der Waals surface area contributed by atoms with Crippen LogP contribution in [0.3, 0.4) is 0 Å². The summed E-state index contributed by atoms with van der Waals surface area (Å²) in [4.78, 5) is 29.6. The van der Waals surface area contributed by atoms with E-state index in [0.29, 0.717) is 19.4 Å². The first kappa shape index (κ1) is 19.1. The van der Waals surface area contributed by atoms with E-state index in [1.807, 2.05) is 54.6 Å². The van der Waals surface area contributed by atoms with E-state index in [4.69, 9.17) is 5.11 Å². The molecule has 0 saturated carbocycles. The van der Waals surface area contributed by atoms with Crippen molar-refractivity contribution in [1.82, 2.24) is 4.90 Å². The van der Waals surface area contributed by atoms with Crippen LogP contribution in [0.15, 0.2) is 54.6 Å². The number of hydrogen-bond acceptors (Lipinski definition) is 3. The zero-order chi connectivity index (χ0) is 19.4. The number of aliphatic hydroxyl groups excluding tert-OH is 1. The van der Waals surface area contributed by atoms with Crippen molar-refractivity contribution in [3.05, 3.63) is 65.7 Å². The van der Waals surface area contributed by atoms with E-state index in [9.17, 15) is 9.59 Å². The molecule has 0 aromatic heterocycles. The maximum Gasteiger partial charge on any atom is 0.238 e. The summed E-state index contributed by atoms with van der Waals surface area (Å²) in [6.07, 6.45) is 1.12. The molecule has 3 rings (SSSR count). The van der Waals surface area contributed by atoms with Crippen molar-refractivity contribution in [2.75, 3.05) is 32.1 Å². The molecule has 0 spiro atoms. The van der Waals surface area contributed by atoms with E-state index in [1.165, 1.54) is 0 Å². The molecule has 2 aromatic carbocycles. The fourth-order valence-corrected chi connectivity index (χ4v) is 3.89. The largest absolute Gasteiger partial charge is 0.396 e. The van der Waals surface area contributed by atoms with E-state index < -0.39 is 5.41 Å². The van der Waals surface area contributed by atoms with Crippen LogP contribution in [-0.4, -0.2) is 49.1 Å². The number of aliphatic hydroxyl groups is 1. The summed E-state index contributed by atoms with van der Waals surface area (Å²) in [6, 6.07) is 17.6. The molecule has 1 N–H and O–H groups in total. The minimum Gasteiger partial charge on any atom is -0.396 e. The first-order valence-corrected chi connectivity index (χ1v) is 9.26. The number of anilines is 1. The monoisotopic (exact) mass is 366 g/mol. The Morgan fingerprint density at radius 1 is 1.11 bits per heavy atom. The van der Waals surface area contributed by atoms with Crippen LogP contribution < -0.4 is 4.90 Å². The van der Waals surface area contributed by atoms with Crippen molar-refractivity contribution in [1.29, 1.82) is 0 Å². The lowest BCUT2D eigenvalue weighted by atomic mass is 9.73. The highest BCUT2D eigenvalue weighted by Crippen LogP contribution is 2.45. The number of likely N-dealkylation sites (N-methyl/N-ethyl adjacent to an activating group) is 1. The van der Waals surface area contributed by atoms with Gasteiger partial charge in [0.25, 0.3) is 0 Å². The highest BCUT2D eigenvalue weighted by Gasteiger charge is 2.51. The Morgan fingerprint density at radius 3 is 2.48 bits per heavy atom. The van der Waals surface area contributed by atoms with Crippen molar-refractivity contribution in [2.24, 2.45) is 0 Å². The quantitative estimate of drug-likeness (QED) is 0.818. The van der Waals surface area contributed by atoms with Gasteiger partial charge in [-0.1, -0.05) is 48.5 Å². The molecule has 0 aliphatic carbocycles. The van der Waals surface area contributed by atoms with Gasteiger partial charge in [-0.25, -0.2) is 0 Å². The van der Waals surface area contributed by atoms with Gasteiger partial charge in [0.2, 0.25) is 11.8 Å². The molecule has 0 unspecified atom stereocenters. The third-order valence-corrected chi connectivity index (χ3v) is 5.37. The normalized spacial score (nSPS) is 18.5. The van der Waals surface area contributed by atoms with Crippen LogP contribution in [-0.2, 0) is 21.4 Å². The summed E-state index contributed by atoms with van der Waals surface area (Å²) in [7, 11) is 3.50. The lowest BCUT2D eigenvalue weighted by Gasteiger charge is -2.30. The Hall–Kier alpha value is -2.66. The van der Waals surface area contributed by atoms with E-state index in [-0.39, 0.29) is 24.8 Å². The SMILES string of the molecule is CN(CCCO)C(=O)C[C@@]1(Cc2ccccc2)C(=O)N(C)c2ccccc21. The standard InChI is InChI=1S/C22H26N2O3/c1-23(13-8-14-25)20(26)16-22(15-17-9-4-3-5-10-17)18-11-6-7-12-19(18)24(2)21(22)27/h3-7,9-12,25H,8,13-16H2,1-2H3/t22-/m1/s1. The van der Waals surface area contributed by atoms with Gasteiger partial charge in [-0.05, 0) is 30.0 Å². The average Bonchev–Trinajstić information content (AvgIpc) is 2.89. The number of para-hydroxylation sites is 1. The Bertz CT molecular complexity index is 821. The van der Waals surface area contributed by atoms with Crippen molar-refractivity contribution < 1.29 is 14.7 Å². The number of carbonyl (C=O) groups is 2. The van der Waals surface area contributed by atoms with Gasteiger partial charge in [0.15, 0.2) is 0 Å². The lowest BCUT2D eigenvalue weighted by molar-refractivity contribution is -0.135. The number of nitrogens with zero attached hydrogens (tertiary/aromatic N) is 2. The number of rotatable bonds is 7. The lowest BCUT2D eigenvalue weighted by Crippen LogP contribution is -2.45. The number of hydrogen-bond donors (Lipinski definition) is 1. The smallest absolute Gasteiger partial charge is 0.238 e. The molecule has 5 nitrogen and oxygen atoms in total. The second-order valence-corrected chi connectivity index (χ2v) is 7.20. The molecule has 2 amide bonds. The highest BCUT2D eigenvalue weighted by atomic mass is 16.3. The molecule has 1 aliphatic rings. The molecule has 0 radical (unpaired) electrons. The van der Waals surface area contributed by atoms with Crippen LogP contribution in [0.2, 0.25) is 0 Å². The summed E-state index contributed by atoms with van der Waals surface area (Å²) in [5.41, 5.74) is 1.90. The molecule has 2 aromatic rings. The molecule has 1 heterocycles. The Balaban J connectivity index is 2.00. The second kappa shape index (κ2) is 7.92. The fraction of sp³-hybridized carbons (Fsp3) is 0.364. The van der Waals surface area contributed by atoms with Gasteiger partial charge in [0, 0.05) is 39.4 Å². The number of amides is 2. The summed E-state index contributed by atoms with van der Waals surface area (Å²) >= 11 is 0. The minimum absolute atomic E-state index is 0.0390. The van der Waals surface area contributed by atoms with Gasteiger partial charge < -0.3 is 14.9 Å². The van der Waals surface area contributed by atoms with Crippen LogP contribution in [0, 0.1) is 0 Å². The van der Waals surface area contributed by atoms with Crippen molar-refractivity contribution >= 4 is 17.5 Å². The summed E-state index contributed by atoms with van der Waals surface area (Å²) in [5.74, 6) is -0.130. The van der Waals surface area contributed by atoms with E-state index in [1.54, 1.807) is 23.9 Å². The second-order valence-electron chi connectivity index (χ2n) is 7.20. The molecule has 142 valence electrons. The number of fused-ring (bicyclic) bond motifs is 1. The maximum absolute atomic E-state index is 13.4. The average molecular weight is 366 g/mol. The molecule has 27 heavy (non-hydrogen) atoms. The molecule has 0 bridgehead atoms. The zero-order valence-electron chi connectivity index (χ0n) is 15.9. The molecular formula is C22H26N2O3. The molecular weight excluding hydrogens is 340 g/mol. The van der Waals surface area contributed by atoms with E-state index in [0.717, 1.165) is 16.8 Å². The van der Waals surface area contributed by atoms with Crippen LogP contribution in [0.1, 0.15) is 24.0 Å². The van der Waals surface area contributed by atoms with Crippen molar-refractivity contribution in [3.63, 3.8) is 0 Å². The number of carbonyl (C=O) groups excluding carboxylic acids is 2. The Kier molecular flexibility index (Phi) is 5.61. The fourth-order valence-electron chi connectivity index (χ4n) is 3.89. The van der Waals surface area contributed by atoms with Gasteiger partial charge in [-0.3, -0.25) is 9.59 Å². The third kappa shape index (κ3) is 3.60. The Labute approximate surface area is 160 Å². The maximum atomic E-state index is 13.4. The zero-order valence-corrected chi connectivity index (χ0v) is 15.9. The summed E-state index contributed by atoms with van der Waals surface area (Å²) < 4.78 is 0. The molecule has 1 atom stereocenters. The van der Waals surface area contributed by atoms with Crippen LogP contribution in [0.5, 0.6) is 0 Å². The van der Waals surface area contributed by atoms with Gasteiger partial charge >= 0.3 is 0 Å². The van der Waals surface area contributed by atoms with Crippen LogP contribution in [0.4, 0.5) is 5.69 Å². The van der Waals surface area contributed by atoms with E-state index in [2.05, 4.69) is 0 Å². The molecule has 5 heteroatoms. The van der Waals surface area contributed by atoms with Crippen LogP contribution >= 0.6 is 0 Å². The van der Waals surface area contributed by atoms with Crippen molar-refractivity contribution in [3.8, 4) is 0 Å². The number of benzene rings is 2. The first-order chi connectivity index (χ1) is 13.0. The van der Waals surface area contributed by atoms with Gasteiger partial charge in [0.1, 0.15) is 0 Å². The first-order valence-electron chi connectivity index (χ1n) is 9.26. The van der Waals surface area contributed by atoms with Gasteiger partial charge in [-0.2, -0.15) is 0 Å². The third-order valence-electron chi connectivity index (χ3n) is 5.37. The predicted molar refractivity (Wildman–Crippen MR) is 106 cm³/mol. The molecule has 0 saturated heterocycles. The summed E-state index contributed by atoms with van der Waals surface area (Å²) in [5, 5.41) is 9.03. The molecule has 0 fully saturated rings. The van der Waals surface area contributed by atoms with Crippen molar-refractivity contribution in [2.45, 2.75) is 24.7 Å². The summed E-state index contributed by atoms with van der Waals surface area (Å²) in [6.45, 7) is 0.514. The minimum atomic E-state index is -0.906. The highest BCUT2D eigenvalue weighted by molar-refractivity contribution is 6.09. The topological polar surface area (TPSA) is 60.9 Å².